The lowest BCUT2D eigenvalue weighted by Gasteiger charge is -2.31. The minimum absolute atomic E-state index is 0.112. The van der Waals surface area contributed by atoms with Gasteiger partial charge in [0, 0.05) is 13.5 Å². The Hall–Kier alpha value is -1.06. The molecule has 0 saturated carbocycles. The summed E-state index contributed by atoms with van der Waals surface area (Å²) in [6.45, 7) is 4.25. The molecule has 0 aliphatic rings. The van der Waals surface area contributed by atoms with Gasteiger partial charge in [0.25, 0.3) is 0 Å². The van der Waals surface area contributed by atoms with Gasteiger partial charge >= 0.3 is 0 Å². The van der Waals surface area contributed by atoms with Gasteiger partial charge in [-0.1, -0.05) is 26.0 Å². The number of rotatable bonds is 5. The Balaban J connectivity index is 2.79. The molecule has 0 amide bonds. The van der Waals surface area contributed by atoms with Crippen molar-refractivity contribution in [3.8, 4) is 5.75 Å². The number of methoxy groups -OCH3 is 1. The first-order valence-electron chi connectivity index (χ1n) is 5.47. The van der Waals surface area contributed by atoms with Crippen molar-refractivity contribution in [1.29, 1.82) is 0 Å². The smallest absolute Gasteiger partial charge is 0.115 e. The normalized spacial score (nSPS) is 15.1. The first kappa shape index (κ1) is 13.0. The van der Waals surface area contributed by atoms with Crippen molar-refractivity contribution in [1.82, 2.24) is 0 Å². The Morgan fingerprint density at radius 1 is 1.25 bits per heavy atom. The Morgan fingerprint density at radius 3 is 2.25 bits per heavy atom. The molecular formula is C13H20O3. The number of aliphatic hydroxyl groups is 1. The maximum absolute atomic E-state index is 10.4. The highest BCUT2D eigenvalue weighted by Crippen LogP contribution is 2.23. The standard InChI is InChI=1S/C13H20O3/c1-10(2)13(15,9-16-3)8-11-4-6-12(14)7-5-11/h4-7,10,14-15H,8-9H2,1-3H3. The fourth-order valence-electron chi connectivity index (χ4n) is 1.64. The Kier molecular flexibility index (Phi) is 4.33. The highest BCUT2D eigenvalue weighted by atomic mass is 16.5. The van der Waals surface area contributed by atoms with Crippen LogP contribution in [0.15, 0.2) is 24.3 Å². The van der Waals surface area contributed by atoms with Crippen molar-refractivity contribution >= 4 is 0 Å². The van der Waals surface area contributed by atoms with Crippen molar-refractivity contribution < 1.29 is 14.9 Å². The molecule has 0 radical (unpaired) electrons. The molecular weight excluding hydrogens is 204 g/mol. The maximum atomic E-state index is 10.4. The lowest BCUT2D eigenvalue weighted by molar-refractivity contribution is -0.0637. The molecule has 0 saturated heterocycles. The van der Waals surface area contributed by atoms with Gasteiger partial charge in [0.2, 0.25) is 0 Å². The summed E-state index contributed by atoms with van der Waals surface area (Å²) < 4.78 is 5.06. The van der Waals surface area contributed by atoms with Crippen molar-refractivity contribution in [2.24, 2.45) is 5.92 Å². The van der Waals surface area contributed by atoms with Crippen LogP contribution in [0.2, 0.25) is 0 Å². The van der Waals surface area contributed by atoms with Crippen LogP contribution in [-0.4, -0.2) is 29.5 Å². The van der Waals surface area contributed by atoms with Gasteiger partial charge in [0.15, 0.2) is 0 Å². The number of ether oxygens (including phenoxy) is 1. The van der Waals surface area contributed by atoms with Crippen molar-refractivity contribution in [3.63, 3.8) is 0 Å². The first-order chi connectivity index (χ1) is 7.48. The highest BCUT2D eigenvalue weighted by molar-refractivity contribution is 5.27. The van der Waals surface area contributed by atoms with Crippen LogP contribution in [0.5, 0.6) is 5.75 Å². The predicted octanol–water partition coefficient (Wildman–Crippen LogP) is 1.97. The van der Waals surface area contributed by atoms with Crippen LogP contribution in [0, 0.1) is 5.92 Å². The van der Waals surface area contributed by atoms with Gasteiger partial charge in [-0.3, -0.25) is 0 Å². The summed E-state index contributed by atoms with van der Waals surface area (Å²) in [6.07, 6.45) is 0.527. The molecule has 0 aromatic heterocycles. The third-order valence-electron chi connectivity index (χ3n) is 2.92. The molecule has 16 heavy (non-hydrogen) atoms. The van der Waals surface area contributed by atoms with E-state index in [1.165, 1.54) is 0 Å². The van der Waals surface area contributed by atoms with Crippen molar-refractivity contribution in [2.45, 2.75) is 25.9 Å². The molecule has 1 atom stereocenters. The summed E-state index contributed by atoms with van der Waals surface area (Å²) in [5, 5.41) is 19.6. The van der Waals surface area contributed by atoms with Crippen LogP contribution < -0.4 is 0 Å². The average molecular weight is 224 g/mol. The Bertz CT molecular complexity index is 318. The van der Waals surface area contributed by atoms with E-state index in [0.717, 1.165) is 5.56 Å². The molecule has 0 fully saturated rings. The SMILES string of the molecule is COCC(O)(Cc1ccc(O)cc1)C(C)C. The summed E-state index contributed by atoms with van der Waals surface area (Å²) in [4.78, 5) is 0. The second-order valence-corrected chi connectivity index (χ2v) is 4.53. The lowest BCUT2D eigenvalue weighted by atomic mass is 9.85. The van der Waals surface area contributed by atoms with Crippen LogP contribution in [0.3, 0.4) is 0 Å². The van der Waals surface area contributed by atoms with Crippen LogP contribution in [0.4, 0.5) is 0 Å². The lowest BCUT2D eigenvalue weighted by Crippen LogP contribution is -2.42. The van der Waals surface area contributed by atoms with E-state index in [1.807, 2.05) is 26.0 Å². The number of hydrogen-bond acceptors (Lipinski definition) is 3. The van der Waals surface area contributed by atoms with Crippen molar-refractivity contribution in [3.05, 3.63) is 29.8 Å². The predicted molar refractivity (Wildman–Crippen MR) is 63.5 cm³/mol. The summed E-state index contributed by atoms with van der Waals surface area (Å²) in [7, 11) is 1.59. The third-order valence-corrected chi connectivity index (χ3v) is 2.92. The molecule has 2 N–H and O–H groups in total. The molecule has 0 bridgehead atoms. The zero-order valence-corrected chi connectivity index (χ0v) is 10.1. The molecule has 0 spiro atoms. The number of aromatic hydroxyl groups is 1. The van der Waals surface area contributed by atoms with Gasteiger partial charge in [-0.25, -0.2) is 0 Å². The van der Waals surface area contributed by atoms with E-state index in [4.69, 9.17) is 4.74 Å². The number of phenolic OH excluding ortho intramolecular Hbond substituents is 1. The van der Waals surface area contributed by atoms with E-state index in [2.05, 4.69) is 0 Å². The molecule has 1 unspecified atom stereocenters. The van der Waals surface area contributed by atoms with Gasteiger partial charge < -0.3 is 14.9 Å². The molecule has 1 aromatic rings. The third kappa shape index (κ3) is 3.22. The molecule has 0 aliphatic heterocycles. The minimum atomic E-state index is -0.855. The molecule has 90 valence electrons. The largest absolute Gasteiger partial charge is 0.508 e. The minimum Gasteiger partial charge on any atom is -0.508 e. The number of phenols is 1. The van der Waals surface area contributed by atoms with Gasteiger partial charge in [0.1, 0.15) is 5.75 Å². The summed E-state index contributed by atoms with van der Waals surface area (Å²) in [5.41, 5.74) is 0.136. The van der Waals surface area contributed by atoms with Crippen LogP contribution >= 0.6 is 0 Å². The maximum Gasteiger partial charge on any atom is 0.115 e. The van der Waals surface area contributed by atoms with Gasteiger partial charge in [0.05, 0.1) is 12.2 Å². The molecule has 3 heteroatoms. The number of benzene rings is 1. The van der Waals surface area contributed by atoms with Crippen LogP contribution in [0.1, 0.15) is 19.4 Å². The highest BCUT2D eigenvalue weighted by Gasteiger charge is 2.31. The first-order valence-corrected chi connectivity index (χ1v) is 5.47. The van der Waals surface area contributed by atoms with Crippen molar-refractivity contribution in [2.75, 3.05) is 13.7 Å². The zero-order chi connectivity index (χ0) is 12.2. The second kappa shape index (κ2) is 5.32. The van der Waals surface area contributed by atoms with E-state index in [9.17, 15) is 10.2 Å². The second-order valence-electron chi connectivity index (χ2n) is 4.53. The van der Waals surface area contributed by atoms with Gasteiger partial charge in [-0.15, -0.1) is 0 Å². The Morgan fingerprint density at radius 2 is 1.81 bits per heavy atom. The van der Waals surface area contributed by atoms with E-state index in [1.54, 1.807) is 19.2 Å². The average Bonchev–Trinajstić information content (AvgIpc) is 2.22. The van der Waals surface area contributed by atoms with Gasteiger partial charge in [-0.2, -0.15) is 0 Å². The van der Waals surface area contributed by atoms with E-state index >= 15 is 0 Å². The summed E-state index contributed by atoms with van der Waals surface area (Å²) in [5.74, 6) is 0.352. The van der Waals surface area contributed by atoms with E-state index in [-0.39, 0.29) is 11.7 Å². The van der Waals surface area contributed by atoms with E-state index < -0.39 is 5.60 Å². The Labute approximate surface area is 96.7 Å². The molecule has 0 aliphatic carbocycles. The topological polar surface area (TPSA) is 49.7 Å². The summed E-state index contributed by atoms with van der Waals surface area (Å²) in [6, 6.07) is 6.89. The fraction of sp³-hybridized carbons (Fsp3) is 0.538. The van der Waals surface area contributed by atoms with Crippen LogP contribution in [-0.2, 0) is 11.2 Å². The zero-order valence-electron chi connectivity index (χ0n) is 10.1. The number of hydrogen-bond donors (Lipinski definition) is 2. The van der Waals surface area contributed by atoms with E-state index in [0.29, 0.717) is 13.0 Å². The molecule has 1 aromatic carbocycles. The monoisotopic (exact) mass is 224 g/mol. The molecule has 0 heterocycles. The quantitative estimate of drug-likeness (QED) is 0.804. The molecule has 1 rings (SSSR count). The van der Waals surface area contributed by atoms with Crippen LogP contribution in [0.25, 0.3) is 0 Å². The fourth-order valence-corrected chi connectivity index (χ4v) is 1.64. The van der Waals surface area contributed by atoms with Gasteiger partial charge in [-0.05, 0) is 23.6 Å². The molecule has 3 nitrogen and oxygen atoms in total. The summed E-state index contributed by atoms with van der Waals surface area (Å²) >= 11 is 0.